The number of allylic oxidation sites excluding steroid dienone is 14. The van der Waals surface area contributed by atoms with Gasteiger partial charge >= 0.3 is 19.8 Å². The molecule has 0 saturated carbocycles. The van der Waals surface area contributed by atoms with Crippen LogP contribution in [0.3, 0.4) is 0 Å². The average Bonchev–Trinajstić information content (AvgIpc) is 3.20. The van der Waals surface area contributed by atoms with E-state index in [9.17, 15) is 24.2 Å². The van der Waals surface area contributed by atoms with Crippen molar-refractivity contribution in [3.05, 3.63) is 85.1 Å². The highest BCUT2D eigenvalue weighted by Crippen LogP contribution is 2.43. The Kier molecular flexibility index (Phi) is 39.2. The molecular formula is C46H77O10P. The number of aliphatic hydroxyl groups is 2. The minimum Gasteiger partial charge on any atom is -0.462 e. The molecule has 0 rings (SSSR count). The van der Waals surface area contributed by atoms with Crippen LogP contribution in [-0.2, 0) is 32.7 Å². The molecule has 0 heterocycles. The number of rotatable bonds is 39. The van der Waals surface area contributed by atoms with E-state index in [1.807, 2.05) is 6.08 Å². The molecule has 0 aromatic rings. The number of ether oxygens (including phenoxy) is 2. The summed E-state index contributed by atoms with van der Waals surface area (Å²) in [5.74, 6) is -1.01. The number of hydrogen-bond acceptors (Lipinski definition) is 9. The molecule has 3 atom stereocenters. The van der Waals surface area contributed by atoms with E-state index in [0.29, 0.717) is 19.3 Å². The van der Waals surface area contributed by atoms with Crippen LogP contribution >= 0.6 is 7.82 Å². The van der Waals surface area contributed by atoms with Crippen molar-refractivity contribution in [1.82, 2.24) is 0 Å². The second-order valence-corrected chi connectivity index (χ2v) is 15.4. The molecule has 57 heavy (non-hydrogen) atoms. The maximum Gasteiger partial charge on any atom is 0.472 e. The van der Waals surface area contributed by atoms with E-state index in [2.05, 4.69) is 97.4 Å². The summed E-state index contributed by atoms with van der Waals surface area (Å²) in [5, 5.41) is 18.3. The monoisotopic (exact) mass is 821 g/mol. The second-order valence-electron chi connectivity index (χ2n) is 14.0. The lowest BCUT2D eigenvalue weighted by atomic mass is 10.1. The molecule has 3 N–H and O–H groups in total. The first kappa shape index (κ1) is 54.2. The van der Waals surface area contributed by atoms with Gasteiger partial charge < -0.3 is 24.6 Å². The van der Waals surface area contributed by atoms with Crippen molar-refractivity contribution in [1.29, 1.82) is 0 Å². The van der Waals surface area contributed by atoms with Crippen molar-refractivity contribution in [2.24, 2.45) is 0 Å². The molecule has 0 spiro atoms. The van der Waals surface area contributed by atoms with Gasteiger partial charge in [0.2, 0.25) is 0 Å². The molecule has 0 aromatic carbocycles. The Morgan fingerprint density at radius 3 is 1.51 bits per heavy atom. The number of esters is 2. The lowest BCUT2D eigenvalue weighted by Crippen LogP contribution is -2.29. The van der Waals surface area contributed by atoms with Gasteiger partial charge in [0.25, 0.3) is 0 Å². The quantitative estimate of drug-likeness (QED) is 0.0237. The Morgan fingerprint density at radius 2 is 0.982 bits per heavy atom. The zero-order valence-corrected chi connectivity index (χ0v) is 36.2. The smallest absolute Gasteiger partial charge is 0.462 e. The van der Waals surface area contributed by atoms with E-state index in [0.717, 1.165) is 70.6 Å². The molecule has 0 saturated heterocycles. The largest absolute Gasteiger partial charge is 0.472 e. The van der Waals surface area contributed by atoms with Crippen molar-refractivity contribution in [2.75, 3.05) is 26.4 Å². The van der Waals surface area contributed by atoms with Crippen LogP contribution in [0.2, 0.25) is 0 Å². The molecule has 1 unspecified atom stereocenters. The van der Waals surface area contributed by atoms with E-state index >= 15 is 0 Å². The fraction of sp³-hybridized carbons (Fsp3) is 0.652. The number of hydrogen-bond donors (Lipinski definition) is 3. The SMILES string of the molecule is CC/C=C/C/C=C/C/C=C/C/C=C/C/C=C/CCCC(=O)OC[C@H](COP(=O)(O)OC[C@@H](O)CO)OC(=O)CCCCCCCCC/C=C/C/C=C/CCCCC. The van der Waals surface area contributed by atoms with Gasteiger partial charge in [-0.1, -0.05) is 144 Å². The normalized spacial score (nSPS) is 14.7. The molecule has 0 aliphatic carbocycles. The van der Waals surface area contributed by atoms with Crippen LogP contribution in [0.25, 0.3) is 0 Å². The van der Waals surface area contributed by atoms with Gasteiger partial charge in [0.1, 0.15) is 12.7 Å². The number of carbonyl (C=O) groups excluding carboxylic acids is 2. The van der Waals surface area contributed by atoms with Crippen molar-refractivity contribution < 1.29 is 47.8 Å². The van der Waals surface area contributed by atoms with Crippen LogP contribution in [0.4, 0.5) is 0 Å². The fourth-order valence-electron chi connectivity index (χ4n) is 5.23. The van der Waals surface area contributed by atoms with Crippen LogP contribution in [0.15, 0.2) is 85.1 Å². The number of phosphoric acid groups is 1. The molecule has 0 aliphatic rings. The first-order chi connectivity index (χ1) is 27.7. The minimum atomic E-state index is -4.64. The molecule has 0 amide bonds. The van der Waals surface area contributed by atoms with Crippen molar-refractivity contribution in [2.45, 2.75) is 167 Å². The number of unbranched alkanes of at least 4 members (excludes halogenated alkanes) is 11. The summed E-state index contributed by atoms with van der Waals surface area (Å²) in [6.07, 6.45) is 48.4. The van der Waals surface area contributed by atoms with Gasteiger partial charge in [-0.2, -0.15) is 0 Å². The van der Waals surface area contributed by atoms with Gasteiger partial charge in [0.15, 0.2) is 6.10 Å². The van der Waals surface area contributed by atoms with E-state index in [-0.39, 0.29) is 19.4 Å². The topological polar surface area (TPSA) is 149 Å². The summed E-state index contributed by atoms with van der Waals surface area (Å²) in [6.45, 7) is 2.15. The van der Waals surface area contributed by atoms with Crippen LogP contribution in [-0.4, -0.2) is 65.7 Å². The lowest BCUT2D eigenvalue weighted by molar-refractivity contribution is -0.161. The van der Waals surface area contributed by atoms with Crippen LogP contribution in [0, 0.1) is 0 Å². The highest BCUT2D eigenvalue weighted by molar-refractivity contribution is 7.47. The molecule has 0 radical (unpaired) electrons. The third-order valence-electron chi connectivity index (χ3n) is 8.53. The molecule has 0 aromatic heterocycles. The van der Waals surface area contributed by atoms with Gasteiger partial charge in [-0.3, -0.25) is 18.6 Å². The molecule has 0 aliphatic heterocycles. The van der Waals surface area contributed by atoms with Crippen LogP contribution in [0.1, 0.15) is 155 Å². The summed E-state index contributed by atoms with van der Waals surface area (Å²) in [5.41, 5.74) is 0. The highest BCUT2D eigenvalue weighted by Gasteiger charge is 2.27. The molecular weight excluding hydrogens is 743 g/mol. The van der Waals surface area contributed by atoms with Gasteiger partial charge in [-0.15, -0.1) is 0 Å². The summed E-state index contributed by atoms with van der Waals surface area (Å²) >= 11 is 0. The molecule has 11 heteroatoms. The van der Waals surface area contributed by atoms with Crippen molar-refractivity contribution in [3.8, 4) is 0 Å². The van der Waals surface area contributed by atoms with E-state index < -0.39 is 51.8 Å². The first-order valence-corrected chi connectivity index (χ1v) is 23.0. The van der Waals surface area contributed by atoms with Gasteiger partial charge in [-0.05, 0) is 83.5 Å². The Hall–Kier alpha value is -2.85. The Balaban J connectivity index is 4.42. The Morgan fingerprint density at radius 1 is 0.544 bits per heavy atom. The molecule has 10 nitrogen and oxygen atoms in total. The predicted molar refractivity (Wildman–Crippen MR) is 233 cm³/mol. The van der Waals surface area contributed by atoms with Crippen LogP contribution < -0.4 is 0 Å². The number of carbonyl (C=O) groups is 2. The average molecular weight is 821 g/mol. The van der Waals surface area contributed by atoms with E-state index in [4.69, 9.17) is 19.1 Å². The van der Waals surface area contributed by atoms with Crippen molar-refractivity contribution in [3.63, 3.8) is 0 Å². The second kappa shape index (κ2) is 41.3. The zero-order valence-electron chi connectivity index (χ0n) is 35.3. The predicted octanol–water partition coefficient (Wildman–Crippen LogP) is 11.4. The standard InChI is InChI=1S/C46H77O10P/c1-3-5-7-9-11-13-15-17-19-21-23-25-27-29-31-33-35-37-45(49)53-41-44(42-55-57(51,52)54-40-43(48)39-47)56-46(50)38-36-34-32-30-28-26-24-22-20-18-16-14-12-10-8-6-4-2/h5,7,11-14,17-20,23,25,29,31,43-44,47-48H,3-4,6,8-10,15-16,21-22,24,26-28,30,32-42H2,1-2H3,(H,51,52)/b7-5+,13-11+,14-12+,19-17+,20-18+,25-23+,31-29+/t43-,44+/m0/s1. The maximum atomic E-state index is 12.6. The Bertz CT molecular complexity index is 1220. The summed E-state index contributed by atoms with van der Waals surface area (Å²) in [6, 6.07) is 0. The Labute approximate surface area is 345 Å². The molecule has 0 bridgehead atoms. The van der Waals surface area contributed by atoms with Gasteiger partial charge in [0.05, 0.1) is 19.8 Å². The third kappa shape index (κ3) is 41.1. The van der Waals surface area contributed by atoms with E-state index in [1.54, 1.807) is 0 Å². The zero-order chi connectivity index (χ0) is 41.9. The van der Waals surface area contributed by atoms with Crippen LogP contribution in [0.5, 0.6) is 0 Å². The highest BCUT2D eigenvalue weighted by atomic mass is 31.2. The van der Waals surface area contributed by atoms with Crippen molar-refractivity contribution >= 4 is 19.8 Å². The molecule has 0 fully saturated rings. The first-order valence-electron chi connectivity index (χ1n) is 21.5. The summed E-state index contributed by atoms with van der Waals surface area (Å²) in [7, 11) is -4.64. The maximum absolute atomic E-state index is 12.6. The summed E-state index contributed by atoms with van der Waals surface area (Å²) < 4.78 is 32.6. The summed E-state index contributed by atoms with van der Waals surface area (Å²) in [4.78, 5) is 35.0. The molecule has 326 valence electrons. The minimum absolute atomic E-state index is 0.157. The fourth-order valence-corrected chi connectivity index (χ4v) is 6.02. The third-order valence-corrected chi connectivity index (χ3v) is 9.48. The number of phosphoric ester groups is 1. The van der Waals surface area contributed by atoms with Gasteiger partial charge in [0, 0.05) is 12.8 Å². The van der Waals surface area contributed by atoms with Gasteiger partial charge in [-0.25, -0.2) is 4.57 Å². The number of aliphatic hydroxyl groups excluding tert-OH is 2. The van der Waals surface area contributed by atoms with E-state index in [1.165, 1.54) is 38.5 Å². The lowest BCUT2D eigenvalue weighted by Gasteiger charge is -2.20.